The van der Waals surface area contributed by atoms with E-state index >= 15 is 0 Å². The van der Waals surface area contributed by atoms with E-state index in [4.69, 9.17) is 4.98 Å². The van der Waals surface area contributed by atoms with Crippen LogP contribution in [0.25, 0.3) is 71.6 Å². The zero-order chi connectivity index (χ0) is 28.2. The number of nitro groups is 1. The van der Waals surface area contributed by atoms with Gasteiger partial charge < -0.3 is 0 Å². The monoisotopic (exact) mass is 541 g/mol. The zero-order valence-electron chi connectivity index (χ0n) is 22.4. The maximum atomic E-state index is 12.3. The number of rotatable bonds is 4. The Morgan fingerprint density at radius 3 is 1.79 bits per heavy atom. The average Bonchev–Trinajstić information content (AvgIpc) is 3.44. The number of fused-ring (bicyclic) bond motifs is 8. The van der Waals surface area contributed by atoms with Gasteiger partial charge in [0.15, 0.2) is 0 Å². The molecule has 0 bridgehead atoms. The number of nitro benzene ring substituents is 1. The van der Waals surface area contributed by atoms with E-state index in [9.17, 15) is 10.1 Å². The topological polar surface area (TPSA) is 61.0 Å². The third kappa shape index (κ3) is 3.54. The van der Waals surface area contributed by atoms with Crippen LogP contribution in [0, 0.1) is 10.1 Å². The molecule has 0 saturated heterocycles. The summed E-state index contributed by atoms with van der Waals surface area (Å²) in [5.74, 6) is 0.815. The fraction of sp³-hybridized carbons (Fsp3) is 0. The molecule has 0 amide bonds. The Bertz CT molecular complexity index is 2320. The lowest BCUT2D eigenvalue weighted by Crippen LogP contribution is -1.99. The number of benzene rings is 7. The van der Waals surface area contributed by atoms with Gasteiger partial charge in [0.1, 0.15) is 5.82 Å². The number of imidazole rings is 1. The number of hydrogen-bond donors (Lipinski definition) is 0. The summed E-state index contributed by atoms with van der Waals surface area (Å²) in [6.45, 7) is 0. The van der Waals surface area contributed by atoms with Gasteiger partial charge in [-0.15, -0.1) is 0 Å². The number of para-hydroxylation sites is 2. The van der Waals surface area contributed by atoms with Gasteiger partial charge in [-0.1, -0.05) is 109 Å². The Labute approximate surface area is 241 Å². The molecule has 1 heterocycles. The summed E-state index contributed by atoms with van der Waals surface area (Å²) in [7, 11) is 0. The van der Waals surface area contributed by atoms with Crippen molar-refractivity contribution in [3.05, 3.63) is 150 Å². The predicted molar refractivity (Wildman–Crippen MR) is 171 cm³/mol. The number of hydrogen-bond acceptors (Lipinski definition) is 3. The molecule has 5 nitrogen and oxygen atoms in total. The van der Waals surface area contributed by atoms with E-state index in [2.05, 4.69) is 65.2 Å². The molecule has 8 aromatic rings. The smallest absolute Gasteiger partial charge is 0.277 e. The second kappa shape index (κ2) is 9.39. The fourth-order valence-corrected chi connectivity index (χ4v) is 6.34. The molecule has 0 fully saturated rings. The molecular formula is C37H23N3O2. The molecule has 42 heavy (non-hydrogen) atoms. The van der Waals surface area contributed by atoms with Crippen LogP contribution in [0.15, 0.2) is 140 Å². The largest absolute Gasteiger partial charge is 0.292 e. The first kappa shape index (κ1) is 24.0. The van der Waals surface area contributed by atoms with E-state index in [1.807, 2.05) is 66.7 Å². The van der Waals surface area contributed by atoms with Gasteiger partial charge in [0.25, 0.3) is 5.69 Å². The molecule has 7 aromatic carbocycles. The summed E-state index contributed by atoms with van der Waals surface area (Å²) in [5.41, 5.74) is 5.17. The highest BCUT2D eigenvalue weighted by atomic mass is 16.6. The van der Waals surface area contributed by atoms with Crippen molar-refractivity contribution in [2.45, 2.75) is 0 Å². The molecule has 0 saturated carbocycles. The minimum atomic E-state index is -0.299. The van der Waals surface area contributed by atoms with Crippen molar-refractivity contribution < 1.29 is 4.92 Å². The van der Waals surface area contributed by atoms with Crippen molar-refractivity contribution in [3.8, 4) is 28.2 Å². The van der Waals surface area contributed by atoms with Crippen LogP contribution in [0.2, 0.25) is 0 Å². The van der Waals surface area contributed by atoms with Gasteiger partial charge in [0, 0.05) is 28.1 Å². The Morgan fingerprint density at radius 1 is 0.571 bits per heavy atom. The molecule has 5 heteroatoms. The highest BCUT2D eigenvalue weighted by molar-refractivity contribution is 6.34. The van der Waals surface area contributed by atoms with Gasteiger partial charge in [0.2, 0.25) is 0 Å². The van der Waals surface area contributed by atoms with Crippen molar-refractivity contribution in [1.29, 1.82) is 0 Å². The van der Waals surface area contributed by atoms with E-state index in [0.717, 1.165) is 66.0 Å². The highest BCUT2D eigenvalue weighted by Crippen LogP contribution is 2.47. The molecule has 8 rings (SSSR count). The fourth-order valence-electron chi connectivity index (χ4n) is 6.34. The first-order valence-corrected chi connectivity index (χ1v) is 13.8. The van der Waals surface area contributed by atoms with Crippen LogP contribution in [-0.2, 0) is 0 Å². The normalized spacial score (nSPS) is 11.5. The van der Waals surface area contributed by atoms with Gasteiger partial charge in [-0.05, 0) is 51.4 Å². The third-order valence-electron chi connectivity index (χ3n) is 8.06. The van der Waals surface area contributed by atoms with Gasteiger partial charge in [0.05, 0.1) is 21.5 Å². The molecule has 0 aliphatic heterocycles. The quantitative estimate of drug-likeness (QED) is 0.127. The molecule has 0 N–H and O–H groups in total. The van der Waals surface area contributed by atoms with Crippen LogP contribution in [0.5, 0.6) is 0 Å². The summed E-state index contributed by atoms with van der Waals surface area (Å²) >= 11 is 0. The number of nitrogens with zero attached hydrogens (tertiary/aromatic N) is 3. The van der Waals surface area contributed by atoms with Crippen LogP contribution < -0.4 is 0 Å². The lowest BCUT2D eigenvalue weighted by atomic mass is 9.88. The lowest BCUT2D eigenvalue weighted by Gasteiger charge is -2.17. The summed E-state index contributed by atoms with van der Waals surface area (Å²) in [6.07, 6.45) is 0. The molecule has 0 aliphatic carbocycles. The van der Waals surface area contributed by atoms with Gasteiger partial charge in [-0.2, -0.15) is 0 Å². The summed E-state index contributed by atoms with van der Waals surface area (Å²) in [4.78, 5) is 17.2. The van der Waals surface area contributed by atoms with Crippen molar-refractivity contribution in [1.82, 2.24) is 9.55 Å². The van der Waals surface area contributed by atoms with Crippen LogP contribution in [0.3, 0.4) is 0 Å². The van der Waals surface area contributed by atoms with Crippen molar-refractivity contribution in [2.75, 3.05) is 0 Å². The molecular weight excluding hydrogens is 518 g/mol. The molecule has 0 atom stereocenters. The molecule has 198 valence electrons. The first-order chi connectivity index (χ1) is 20.7. The SMILES string of the molecule is O=[N+]([O-])c1ccccc1-c1cc2nc(-c3ccccc3)n(-c3ccccc3)c2c2c3ccccc3c3ccccc3c12. The average molecular weight is 542 g/mol. The summed E-state index contributed by atoms with van der Waals surface area (Å²) in [5, 5.41) is 18.6. The molecule has 0 aliphatic rings. The Hall–Kier alpha value is -5.81. The summed E-state index contributed by atoms with van der Waals surface area (Å²) < 4.78 is 2.23. The first-order valence-electron chi connectivity index (χ1n) is 13.8. The van der Waals surface area contributed by atoms with Gasteiger partial charge >= 0.3 is 0 Å². The second-order valence-electron chi connectivity index (χ2n) is 10.4. The standard InChI is InChI=1S/C37H23N3O2/c41-40(42)33-22-12-11-19-28(33)31-23-32-36(35-30-21-10-8-18-27(30)26-17-7-9-20-29(26)34(31)35)39(25-15-5-2-6-16-25)37(38-32)24-13-3-1-4-14-24/h1-23H. The highest BCUT2D eigenvalue weighted by Gasteiger charge is 2.25. The maximum absolute atomic E-state index is 12.3. The van der Waals surface area contributed by atoms with Crippen molar-refractivity contribution in [3.63, 3.8) is 0 Å². The van der Waals surface area contributed by atoms with Crippen molar-refractivity contribution in [2.24, 2.45) is 0 Å². The Balaban J connectivity index is 1.69. The minimum absolute atomic E-state index is 0.0705. The van der Waals surface area contributed by atoms with E-state index in [1.54, 1.807) is 12.1 Å². The van der Waals surface area contributed by atoms with Crippen LogP contribution in [0.4, 0.5) is 5.69 Å². The molecule has 0 radical (unpaired) electrons. The van der Waals surface area contributed by atoms with Gasteiger partial charge in [-0.3, -0.25) is 14.7 Å². The number of aromatic nitrogens is 2. The van der Waals surface area contributed by atoms with Crippen molar-refractivity contribution >= 4 is 49.0 Å². The third-order valence-corrected chi connectivity index (χ3v) is 8.06. The maximum Gasteiger partial charge on any atom is 0.277 e. The minimum Gasteiger partial charge on any atom is -0.292 e. The molecule has 0 spiro atoms. The zero-order valence-corrected chi connectivity index (χ0v) is 22.4. The molecule has 0 unspecified atom stereocenters. The van der Waals surface area contributed by atoms with Crippen LogP contribution in [-0.4, -0.2) is 14.5 Å². The second-order valence-corrected chi connectivity index (χ2v) is 10.4. The molecule has 1 aromatic heterocycles. The van der Waals surface area contributed by atoms with E-state index < -0.39 is 0 Å². The van der Waals surface area contributed by atoms with E-state index in [0.29, 0.717) is 5.56 Å². The van der Waals surface area contributed by atoms with E-state index in [-0.39, 0.29) is 10.6 Å². The van der Waals surface area contributed by atoms with Gasteiger partial charge in [-0.25, -0.2) is 4.98 Å². The summed E-state index contributed by atoms with van der Waals surface area (Å²) in [6, 6.07) is 46.2. The van der Waals surface area contributed by atoms with Crippen LogP contribution >= 0.6 is 0 Å². The van der Waals surface area contributed by atoms with Crippen LogP contribution in [0.1, 0.15) is 0 Å². The Morgan fingerprint density at radius 2 is 1.12 bits per heavy atom. The Kier molecular flexibility index (Phi) is 5.37. The lowest BCUT2D eigenvalue weighted by molar-refractivity contribution is -0.384. The van der Waals surface area contributed by atoms with E-state index in [1.165, 1.54) is 0 Å². The predicted octanol–water partition coefficient (Wildman–Crippen LogP) is 9.73.